The fourth-order valence-electron chi connectivity index (χ4n) is 2.31. The standard InChI is InChI=1S/C12H20N2O2S/c1-12(7-3-2-4-8-12)17(15,16)14-9-5-11(13)6-10-14/h2-4,7,11H,5-6,8-10,13H2,1H3. The highest BCUT2D eigenvalue weighted by Crippen LogP contribution is 2.31. The highest BCUT2D eigenvalue weighted by atomic mass is 32.2. The van der Waals surface area contributed by atoms with Crippen LogP contribution in [0, 0.1) is 0 Å². The predicted octanol–water partition coefficient (Wildman–Crippen LogP) is 1.01. The van der Waals surface area contributed by atoms with Crippen LogP contribution < -0.4 is 5.73 Å². The van der Waals surface area contributed by atoms with Gasteiger partial charge in [0.25, 0.3) is 0 Å². The zero-order valence-corrected chi connectivity index (χ0v) is 11.0. The van der Waals surface area contributed by atoms with Crippen molar-refractivity contribution < 1.29 is 8.42 Å². The van der Waals surface area contributed by atoms with Crippen LogP contribution >= 0.6 is 0 Å². The van der Waals surface area contributed by atoms with E-state index in [1.54, 1.807) is 17.3 Å². The van der Waals surface area contributed by atoms with Crippen molar-refractivity contribution in [2.75, 3.05) is 13.1 Å². The predicted molar refractivity (Wildman–Crippen MR) is 69.0 cm³/mol. The van der Waals surface area contributed by atoms with Crippen LogP contribution in [0.1, 0.15) is 26.2 Å². The van der Waals surface area contributed by atoms with Gasteiger partial charge >= 0.3 is 0 Å². The molecule has 2 N–H and O–H groups in total. The maximum absolute atomic E-state index is 12.6. The third kappa shape index (κ3) is 2.32. The van der Waals surface area contributed by atoms with Gasteiger partial charge in [0.2, 0.25) is 10.0 Å². The summed E-state index contributed by atoms with van der Waals surface area (Å²) in [6.45, 7) is 2.89. The molecular weight excluding hydrogens is 236 g/mol. The monoisotopic (exact) mass is 256 g/mol. The average Bonchev–Trinajstić information content (AvgIpc) is 2.30. The Labute approximate surface area is 103 Å². The first kappa shape index (κ1) is 12.8. The van der Waals surface area contributed by atoms with Crippen molar-refractivity contribution in [2.24, 2.45) is 5.73 Å². The highest BCUT2D eigenvalue weighted by Gasteiger charge is 2.41. The highest BCUT2D eigenvalue weighted by molar-refractivity contribution is 7.90. The van der Waals surface area contributed by atoms with Crippen LogP contribution in [0.4, 0.5) is 0 Å². The van der Waals surface area contributed by atoms with Crippen molar-refractivity contribution in [3.63, 3.8) is 0 Å². The van der Waals surface area contributed by atoms with Crippen LogP contribution in [0.15, 0.2) is 24.3 Å². The van der Waals surface area contributed by atoms with Crippen LogP contribution in [-0.2, 0) is 10.0 Å². The van der Waals surface area contributed by atoms with Gasteiger partial charge in [-0.1, -0.05) is 24.3 Å². The Balaban J connectivity index is 2.19. The Morgan fingerprint density at radius 3 is 2.47 bits per heavy atom. The Hall–Kier alpha value is -0.650. The number of nitrogens with two attached hydrogens (primary N) is 1. The molecule has 17 heavy (non-hydrogen) atoms. The van der Waals surface area contributed by atoms with Crippen molar-refractivity contribution in [1.29, 1.82) is 0 Å². The molecule has 1 fully saturated rings. The summed E-state index contributed by atoms with van der Waals surface area (Å²) in [6, 6.07) is 0.149. The summed E-state index contributed by atoms with van der Waals surface area (Å²) >= 11 is 0. The number of hydrogen-bond donors (Lipinski definition) is 1. The third-order valence-corrected chi connectivity index (χ3v) is 6.17. The smallest absolute Gasteiger partial charge is 0.223 e. The molecule has 0 aromatic carbocycles. The van der Waals surface area contributed by atoms with Gasteiger partial charge in [-0.15, -0.1) is 0 Å². The van der Waals surface area contributed by atoms with E-state index in [1.807, 2.05) is 18.2 Å². The van der Waals surface area contributed by atoms with Gasteiger partial charge in [0.05, 0.1) is 0 Å². The van der Waals surface area contributed by atoms with E-state index in [2.05, 4.69) is 0 Å². The number of nitrogens with zero attached hydrogens (tertiary/aromatic N) is 1. The van der Waals surface area contributed by atoms with Crippen LogP contribution in [0.3, 0.4) is 0 Å². The Morgan fingerprint density at radius 1 is 1.29 bits per heavy atom. The second kappa shape index (κ2) is 4.55. The molecule has 1 heterocycles. The first-order valence-electron chi connectivity index (χ1n) is 6.05. The summed E-state index contributed by atoms with van der Waals surface area (Å²) in [7, 11) is -3.27. The largest absolute Gasteiger partial charge is 0.328 e. The first-order valence-corrected chi connectivity index (χ1v) is 7.49. The van der Waals surface area contributed by atoms with Crippen LogP contribution in [0.2, 0.25) is 0 Å². The quantitative estimate of drug-likeness (QED) is 0.802. The van der Waals surface area contributed by atoms with Gasteiger partial charge in [-0.25, -0.2) is 12.7 Å². The topological polar surface area (TPSA) is 63.4 Å². The Bertz CT molecular complexity index is 433. The van der Waals surface area contributed by atoms with Crippen molar-refractivity contribution in [2.45, 2.75) is 37.0 Å². The van der Waals surface area contributed by atoms with E-state index in [-0.39, 0.29) is 6.04 Å². The van der Waals surface area contributed by atoms with Gasteiger partial charge in [0, 0.05) is 19.1 Å². The zero-order valence-electron chi connectivity index (χ0n) is 10.2. The Kier molecular flexibility index (Phi) is 3.43. The van der Waals surface area contributed by atoms with E-state index in [0.717, 1.165) is 12.8 Å². The maximum Gasteiger partial charge on any atom is 0.223 e. The number of piperidine rings is 1. The minimum Gasteiger partial charge on any atom is -0.328 e. The molecule has 2 rings (SSSR count). The first-order chi connectivity index (χ1) is 7.96. The molecular formula is C12H20N2O2S. The van der Waals surface area contributed by atoms with Crippen LogP contribution in [0.25, 0.3) is 0 Å². The van der Waals surface area contributed by atoms with E-state index < -0.39 is 14.8 Å². The van der Waals surface area contributed by atoms with Gasteiger partial charge in [-0.05, 0) is 26.2 Å². The molecule has 1 aliphatic heterocycles. The van der Waals surface area contributed by atoms with E-state index in [1.165, 1.54) is 0 Å². The van der Waals surface area contributed by atoms with Crippen molar-refractivity contribution in [1.82, 2.24) is 4.31 Å². The van der Waals surface area contributed by atoms with Crippen LogP contribution in [0.5, 0.6) is 0 Å². The lowest BCUT2D eigenvalue weighted by atomic mass is 10.0. The number of hydrogen-bond acceptors (Lipinski definition) is 3. The molecule has 1 aliphatic carbocycles. The molecule has 0 radical (unpaired) electrons. The minimum absolute atomic E-state index is 0.149. The van der Waals surface area contributed by atoms with Gasteiger partial charge in [-0.2, -0.15) is 0 Å². The summed E-state index contributed by atoms with van der Waals surface area (Å²) in [5, 5.41) is 0. The molecule has 0 aromatic rings. The summed E-state index contributed by atoms with van der Waals surface area (Å²) in [6.07, 6.45) is 9.47. The molecule has 0 bridgehead atoms. The van der Waals surface area contributed by atoms with E-state index in [4.69, 9.17) is 5.73 Å². The molecule has 0 aromatic heterocycles. The molecule has 1 saturated heterocycles. The normalized spacial score (nSPS) is 31.9. The van der Waals surface area contributed by atoms with Crippen LogP contribution in [-0.4, -0.2) is 36.6 Å². The van der Waals surface area contributed by atoms with Crippen molar-refractivity contribution in [3.05, 3.63) is 24.3 Å². The van der Waals surface area contributed by atoms with E-state index in [9.17, 15) is 8.42 Å². The molecule has 96 valence electrons. The number of sulfonamides is 1. The summed E-state index contributed by atoms with van der Waals surface area (Å²) in [4.78, 5) is 0. The Morgan fingerprint density at radius 2 is 1.94 bits per heavy atom. The SMILES string of the molecule is CC1(S(=O)(=O)N2CCC(N)CC2)C=CC=CC1. The summed E-state index contributed by atoms with van der Waals surface area (Å²) < 4.78 is 25.9. The van der Waals surface area contributed by atoms with Crippen molar-refractivity contribution in [3.8, 4) is 0 Å². The molecule has 0 spiro atoms. The summed E-state index contributed by atoms with van der Waals surface area (Å²) in [5.74, 6) is 0. The molecule has 0 amide bonds. The van der Waals surface area contributed by atoms with Crippen molar-refractivity contribution >= 4 is 10.0 Å². The van der Waals surface area contributed by atoms with E-state index >= 15 is 0 Å². The fourth-order valence-corrected chi connectivity index (χ4v) is 4.15. The lowest BCUT2D eigenvalue weighted by Gasteiger charge is -2.36. The minimum atomic E-state index is -3.27. The lowest BCUT2D eigenvalue weighted by molar-refractivity contribution is 0.313. The van der Waals surface area contributed by atoms with E-state index in [0.29, 0.717) is 19.5 Å². The second-order valence-electron chi connectivity index (χ2n) is 5.05. The summed E-state index contributed by atoms with van der Waals surface area (Å²) in [5.41, 5.74) is 5.80. The number of rotatable bonds is 2. The lowest BCUT2D eigenvalue weighted by Crippen LogP contribution is -2.50. The van der Waals surface area contributed by atoms with Gasteiger partial charge in [-0.3, -0.25) is 0 Å². The molecule has 4 nitrogen and oxygen atoms in total. The molecule has 5 heteroatoms. The molecule has 0 saturated carbocycles. The fraction of sp³-hybridized carbons (Fsp3) is 0.667. The average molecular weight is 256 g/mol. The second-order valence-corrected chi connectivity index (χ2v) is 7.44. The zero-order chi connectivity index (χ0) is 12.5. The third-order valence-electron chi connectivity index (χ3n) is 3.65. The van der Waals surface area contributed by atoms with Gasteiger partial charge in [0.1, 0.15) is 4.75 Å². The molecule has 1 atom stereocenters. The van der Waals surface area contributed by atoms with Gasteiger partial charge in [0.15, 0.2) is 0 Å². The number of allylic oxidation sites excluding steroid dienone is 3. The van der Waals surface area contributed by atoms with Gasteiger partial charge < -0.3 is 5.73 Å². The molecule has 2 aliphatic rings. The maximum atomic E-state index is 12.6. The molecule has 1 unspecified atom stereocenters.